The maximum absolute atomic E-state index is 12.3. The fraction of sp³-hybridized carbons (Fsp3) is 0.526. The number of esters is 1. The third kappa shape index (κ3) is 5.13. The normalized spacial score (nSPS) is 11.4. The van der Waals surface area contributed by atoms with Crippen molar-refractivity contribution in [3.8, 4) is 5.75 Å². The van der Waals surface area contributed by atoms with Crippen molar-refractivity contribution >= 4 is 22.6 Å². The van der Waals surface area contributed by atoms with Crippen molar-refractivity contribution in [1.82, 2.24) is 9.88 Å². The Bertz CT molecular complexity index is 720. The first-order chi connectivity index (χ1) is 11.8. The minimum absolute atomic E-state index is 0.0527. The molecule has 0 aliphatic carbocycles. The number of nitrogens with one attached hydrogen (secondary N) is 1. The average molecular weight is 347 g/mol. The van der Waals surface area contributed by atoms with E-state index in [1.165, 1.54) is 0 Å². The van der Waals surface area contributed by atoms with Gasteiger partial charge in [-0.25, -0.2) is 4.79 Å². The molecule has 0 aliphatic heterocycles. The Morgan fingerprint density at radius 1 is 1.16 bits per heavy atom. The highest BCUT2D eigenvalue weighted by atomic mass is 16.5. The topological polar surface area (TPSA) is 57.8 Å². The molecule has 0 bridgehead atoms. The third-order valence-corrected chi connectivity index (χ3v) is 3.77. The van der Waals surface area contributed by atoms with Gasteiger partial charge in [-0.15, -0.1) is 0 Å². The molecule has 1 heterocycles. The fourth-order valence-corrected chi connectivity index (χ4v) is 2.53. The molecule has 0 amide bonds. The Morgan fingerprint density at radius 2 is 1.88 bits per heavy atom. The number of hydrogen-bond donors (Lipinski definition) is 1. The van der Waals surface area contributed by atoms with Crippen LogP contribution in [0.1, 0.15) is 30.8 Å². The van der Waals surface area contributed by atoms with Crippen LogP contribution in [0.3, 0.4) is 0 Å². The van der Waals surface area contributed by atoms with Gasteiger partial charge in [-0.2, -0.15) is 0 Å². The molecule has 0 radical (unpaired) electrons. The lowest BCUT2D eigenvalue weighted by Gasteiger charge is -2.16. The minimum Gasteiger partial charge on any atom is -0.490 e. The van der Waals surface area contributed by atoms with Gasteiger partial charge in [-0.1, -0.05) is 0 Å². The number of rotatable bonds is 8. The maximum Gasteiger partial charge on any atom is 0.354 e. The predicted molar refractivity (Wildman–Crippen MR) is 102 cm³/mol. The van der Waals surface area contributed by atoms with Crippen molar-refractivity contribution in [3.63, 3.8) is 0 Å². The number of carbonyl (C=O) groups excluding carboxylic acids is 1. The van der Waals surface area contributed by atoms with E-state index in [1.54, 1.807) is 6.07 Å². The number of hydrogen-bond acceptors (Lipinski definition) is 5. The summed E-state index contributed by atoms with van der Waals surface area (Å²) >= 11 is 0. The summed E-state index contributed by atoms with van der Waals surface area (Å²) in [5, 5.41) is 0.888. The van der Waals surface area contributed by atoms with Crippen LogP contribution in [0.4, 0.5) is 5.69 Å². The zero-order valence-electron chi connectivity index (χ0n) is 16.0. The lowest BCUT2D eigenvalue weighted by Crippen LogP contribution is -2.16. The van der Waals surface area contributed by atoms with Crippen molar-refractivity contribution < 1.29 is 14.3 Å². The van der Waals surface area contributed by atoms with E-state index >= 15 is 0 Å². The SMILES string of the molecule is CC(C)Oc1cc(N(C)C)cc2[nH]c(C(=O)OCCCN(C)C)cc12. The monoisotopic (exact) mass is 347 g/mol. The third-order valence-electron chi connectivity index (χ3n) is 3.77. The zero-order chi connectivity index (χ0) is 18.6. The summed E-state index contributed by atoms with van der Waals surface area (Å²) in [5.41, 5.74) is 2.32. The summed E-state index contributed by atoms with van der Waals surface area (Å²) in [6.07, 6.45) is 0.864. The van der Waals surface area contributed by atoms with E-state index in [2.05, 4.69) is 9.88 Å². The molecule has 0 atom stereocenters. The summed E-state index contributed by atoms with van der Waals surface area (Å²) < 4.78 is 11.3. The van der Waals surface area contributed by atoms with Gasteiger partial charge >= 0.3 is 5.97 Å². The molecule has 0 unspecified atom stereocenters. The second-order valence-corrected chi connectivity index (χ2v) is 6.94. The Labute approximate surface area is 149 Å². The van der Waals surface area contributed by atoms with Gasteiger partial charge in [0.1, 0.15) is 11.4 Å². The molecule has 1 aromatic heterocycles. The van der Waals surface area contributed by atoms with Crippen molar-refractivity contribution in [2.75, 3.05) is 46.2 Å². The molecule has 138 valence electrons. The number of aromatic nitrogens is 1. The van der Waals surface area contributed by atoms with Crippen LogP contribution in [-0.2, 0) is 4.74 Å². The molecule has 2 rings (SSSR count). The molecule has 0 saturated heterocycles. The highest BCUT2D eigenvalue weighted by Crippen LogP contribution is 2.32. The van der Waals surface area contributed by atoms with Crippen molar-refractivity contribution in [2.24, 2.45) is 0 Å². The minimum atomic E-state index is -0.336. The van der Waals surface area contributed by atoms with E-state index < -0.39 is 0 Å². The Morgan fingerprint density at radius 3 is 2.48 bits per heavy atom. The number of H-pyrrole nitrogens is 1. The number of anilines is 1. The van der Waals surface area contributed by atoms with Crippen LogP contribution in [0.15, 0.2) is 18.2 Å². The van der Waals surface area contributed by atoms with Gasteiger partial charge in [0.05, 0.1) is 18.2 Å². The van der Waals surface area contributed by atoms with Crippen molar-refractivity contribution in [3.05, 3.63) is 23.9 Å². The largest absolute Gasteiger partial charge is 0.490 e. The molecule has 1 aromatic carbocycles. The molecule has 0 saturated carbocycles. The van der Waals surface area contributed by atoms with Gasteiger partial charge in [-0.3, -0.25) is 0 Å². The number of nitrogens with zero attached hydrogens (tertiary/aromatic N) is 2. The van der Waals surface area contributed by atoms with Crippen LogP contribution < -0.4 is 9.64 Å². The lowest BCUT2D eigenvalue weighted by molar-refractivity contribution is 0.0487. The summed E-state index contributed by atoms with van der Waals surface area (Å²) in [6, 6.07) is 5.80. The highest BCUT2D eigenvalue weighted by Gasteiger charge is 2.16. The van der Waals surface area contributed by atoms with Gasteiger partial charge in [0.15, 0.2) is 0 Å². The summed E-state index contributed by atoms with van der Waals surface area (Å²) in [4.78, 5) is 19.5. The van der Waals surface area contributed by atoms with E-state index in [0.29, 0.717) is 12.3 Å². The van der Waals surface area contributed by atoms with Gasteiger partial charge in [0.2, 0.25) is 0 Å². The van der Waals surface area contributed by atoms with Gasteiger partial charge in [-0.05, 0) is 46.5 Å². The molecular formula is C19H29N3O3. The fourth-order valence-electron chi connectivity index (χ4n) is 2.53. The second kappa shape index (κ2) is 8.25. The van der Waals surface area contributed by atoms with Crippen LogP contribution >= 0.6 is 0 Å². The number of carbonyl (C=O) groups is 1. The molecule has 25 heavy (non-hydrogen) atoms. The van der Waals surface area contributed by atoms with Crippen LogP contribution in [0.2, 0.25) is 0 Å². The van der Waals surface area contributed by atoms with Crippen LogP contribution in [0.5, 0.6) is 5.75 Å². The van der Waals surface area contributed by atoms with Crippen molar-refractivity contribution in [1.29, 1.82) is 0 Å². The van der Waals surface area contributed by atoms with E-state index in [4.69, 9.17) is 9.47 Å². The number of fused-ring (bicyclic) bond motifs is 1. The van der Waals surface area contributed by atoms with Gasteiger partial charge in [0.25, 0.3) is 0 Å². The Balaban J connectivity index is 2.23. The van der Waals surface area contributed by atoms with Crippen molar-refractivity contribution in [2.45, 2.75) is 26.4 Å². The van der Waals surface area contributed by atoms with Gasteiger partial charge < -0.3 is 24.3 Å². The first-order valence-corrected chi connectivity index (χ1v) is 8.60. The standard InChI is InChI=1S/C19H29N3O3/c1-13(2)25-18-11-14(22(5)6)10-16-15(18)12-17(20-16)19(23)24-9-7-8-21(3)4/h10-13,20H,7-9H2,1-6H3. The predicted octanol–water partition coefficient (Wildman–Crippen LogP) is 3.13. The van der Waals surface area contributed by atoms with E-state index in [1.807, 2.05) is 59.1 Å². The quantitative estimate of drug-likeness (QED) is 0.587. The Kier molecular flexibility index (Phi) is 6.31. The molecular weight excluding hydrogens is 318 g/mol. The van der Waals surface area contributed by atoms with E-state index in [-0.39, 0.29) is 12.1 Å². The lowest BCUT2D eigenvalue weighted by atomic mass is 10.2. The Hall–Kier alpha value is -2.21. The molecule has 0 aliphatic rings. The second-order valence-electron chi connectivity index (χ2n) is 6.94. The first kappa shape index (κ1) is 19.1. The maximum atomic E-state index is 12.3. The summed E-state index contributed by atoms with van der Waals surface area (Å²) in [7, 11) is 7.95. The van der Waals surface area contributed by atoms with Crippen LogP contribution in [-0.4, -0.2) is 63.3 Å². The molecule has 6 nitrogen and oxygen atoms in total. The zero-order valence-corrected chi connectivity index (χ0v) is 16.0. The smallest absolute Gasteiger partial charge is 0.354 e. The average Bonchev–Trinajstić information content (AvgIpc) is 2.95. The number of ether oxygens (including phenoxy) is 2. The van der Waals surface area contributed by atoms with Crippen LogP contribution in [0.25, 0.3) is 10.9 Å². The van der Waals surface area contributed by atoms with Crippen LogP contribution in [0, 0.1) is 0 Å². The molecule has 1 N–H and O–H groups in total. The van der Waals surface area contributed by atoms with E-state index in [9.17, 15) is 4.79 Å². The highest BCUT2D eigenvalue weighted by molar-refractivity contribution is 5.98. The molecule has 0 spiro atoms. The summed E-state index contributed by atoms with van der Waals surface area (Å²) in [5.74, 6) is 0.427. The number of benzene rings is 1. The molecule has 0 fully saturated rings. The first-order valence-electron chi connectivity index (χ1n) is 8.60. The van der Waals surface area contributed by atoms with Gasteiger partial charge in [0, 0.05) is 37.8 Å². The molecule has 2 aromatic rings. The number of aromatic amines is 1. The molecule has 6 heteroatoms. The van der Waals surface area contributed by atoms with E-state index in [0.717, 1.165) is 35.3 Å². The summed E-state index contributed by atoms with van der Waals surface area (Å²) in [6.45, 7) is 5.27.